The monoisotopic (exact) mass is 389 g/mol. The van der Waals surface area contributed by atoms with Crippen LogP contribution in [-0.4, -0.2) is 42.2 Å². The molecule has 0 aliphatic heterocycles. The topological polar surface area (TPSA) is 72.3 Å². The van der Waals surface area contributed by atoms with E-state index in [2.05, 4.69) is 5.10 Å². The molecule has 1 aromatic carbocycles. The first-order valence-corrected chi connectivity index (χ1v) is 9.51. The quantitative estimate of drug-likeness (QED) is 0.799. The van der Waals surface area contributed by atoms with Crippen LogP contribution in [0.4, 0.5) is 4.79 Å². The van der Waals surface area contributed by atoms with Gasteiger partial charge in [0.2, 0.25) is 9.84 Å². The van der Waals surface area contributed by atoms with Crippen molar-refractivity contribution < 1.29 is 13.2 Å². The predicted molar refractivity (Wildman–Crippen MR) is 92.6 cm³/mol. The molecule has 130 valence electrons. The maximum Gasteiger partial charge on any atom is 0.344 e. The van der Waals surface area contributed by atoms with E-state index in [4.69, 9.17) is 23.2 Å². The molecular weight excluding hydrogens is 373 g/mol. The van der Waals surface area contributed by atoms with Crippen LogP contribution >= 0.6 is 23.2 Å². The van der Waals surface area contributed by atoms with Crippen LogP contribution in [0.1, 0.15) is 19.4 Å². The summed E-state index contributed by atoms with van der Waals surface area (Å²) in [4.78, 5) is 13.8. The van der Waals surface area contributed by atoms with Crippen molar-refractivity contribution in [3.63, 3.8) is 0 Å². The highest BCUT2D eigenvalue weighted by Gasteiger charge is 2.26. The van der Waals surface area contributed by atoms with Gasteiger partial charge in [-0.25, -0.2) is 13.2 Å². The maximum atomic E-state index is 12.8. The van der Waals surface area contributed by atoms with Gasteiger partial charge in [0, 0.05) is 34.9 Å². The third kappa shape index (κ3) is 3.58. The fraction of sp³-hybridized carbons (Fsp3) is 0.333. The Hall–Kier alpha value is -1.57. The van der Waals surface area contributed by atoms with E-state index in [-0.39, 0.29) is 26.0 Å². The van der Waals surface area contributed by atoms with Crippen LogP contribution in [0.5, 0.6) is 0 Å². The van der Waals surface area contributed by atoms with E-state index in [1.165, 1.54) is 24.4 Å². The number of carbonyl (C=O) groups is 1. The number of aromatic nitrogens is 2. The molecule has 2 rings (SSSR count). The van der Waals surface area contributed by atoms with E-state index in [1.54, 1.807) is 11.8 Å². The molecule has 1 heterocycles. The summed E-state index contributed by atoms with van der Waals surface area (Å²) in [5.74, 6) is 0. The number of rotatable bonds is 4. The molecule has 1 aromatic heterocycles. The Kier molecular flexibility index (Phi) is 5.57. The first kappa shape index (κ1) is 18.8. The van der Waals surface area contributed by atoms with Crippen molar-refractivity contribution in [2.24, 2.45) is 0 Å². The maximum absolute atomic E-state index is 12.8. The number of sulfone groups is 1. The second kappa shape index (κ2) is 7.13. The van der Waals surface area contributed by atoms with E-state index in [0.29, 0.717) is 18.7 Å². The van der Waals surface area contributed by atoms with E-state index < -0.39 is 9.84 Å². The van der Waals surface area contributed by atoms with Crippen molar-refractivity contribution in [1.29, 1.82) is 0 Å². The fourth-order valence-electron chi connectivity index (χ4n) is 2.24. The van der Waals surface area contributed by atoms with Gasteiger partial charge in [0.1, 0.15) is 0 Å². The normalized spacial score (nSPS) is 11.5. The van der Waals surface area contributed by atoms with E-state index in [0.717, 1.165) is 4.68 Å². The zero-order valence-corrected chi connectivity index (χ0v) is 15.8. The molecule has 1 amide bonds. The average Bonchev–Trinajstić information content (AvgIpc) is 2.90. The molecule has 0 saturated carbocycles. The van der Waals surface area contributed by atoms with E-state index in [9.17, 15) is 13.2 Å². The summed E-state index contributed by atoms with van der Waals surface area (Å²) in [6.45, 7) is 6.26. The molecule has 6 nitrogen and oxygen atoms in total. The fourth-order valence-corrected chi connectivity index (χ4v) is 4.36. The van der Waals surface area contributed by atoms with E-state index in [1.807, 2.05) is 13.8 Å². The molecule has 0 fully saturated rings. The number of nitrogens with zero attached hydrogens (tertiary/aromatic N) is 3. The van der Waals surface area contributed by atoms with Crippen LogP contribution in [0.15, 0.2) is 34.3 Å². The van der Waals surface area contributed by atoms with Crippen LogP contribution in [0.2, 0.25) is 10.0 Å². The summed E-state index contributed by atoms with van der Waals surface area (Å²) in [5.41, 5.74) is 0.367. The van der Waals surface area contributed by atoms with Crippen molar-refractivity contribution in [1.82, 2.24) is 14.7 Å². The number of hydrogen-bond acceptors (Lipinski definition) is 4. The third-order valence-corrected chi connectivity index (χ3v) is 5.69. The van der Waals surface area contributed by atoms with Gasteiger partial charge in [-0.05, 0) is 39.0 Å². The molecule has 9 heteroatoms. The highest BCUT2D eigenvalue weighted by atomic mass is 35.5. The first-order valence-electron chi connectivity index (χ1n) is 7.27. The average molecular weight is 390 g/mol. The Morgan fingerprint density at radius 2 is 1.71 bits per heavy atom. The smallest absolute Gasteiger partial charge is 0.323 e. The summed E-state index contributed by atoms with van der Waals surface area (Å²) >= 11 is 11.8. The number of carbonyl (C=O) groups excluding carboxylic acids is 1. The predicted octanol–water partition coefficient (Wildman–Crippen LogP) is 3.64. The Morgan fingerprint density at radius 3 is 2.21 bits per heavy atom. The molecule has 0 aliphatic rings. The number of aryl methyl sites for hydroxylation is 1. The zero-order chi connectivity index (χ0) is 18.1. The first-order chi connectivity index (χ1) is 11.2. The summed E-state index contributed by atoms with van der Waals surface area (Å²) in [7, 11) is -3.94. The lowest BCUT2D eigenvalue weighted by Crippen LogP contribution is -2.34. The molecule has 0 atom stereocenters. The minimum atomic E-state index is -3.94. The molecule has 2 aromatic rings. The van der Waals surface area contributed by atoms with Crippen molar-refractivity contribution in [3.8, 4) is 0 Å². The highest BCUT2D eigenvalue weighted by Crippen LogP contribution is 2.28. The summed E-state index contributed by atoms with van der Waals surface area (Å²) in [6, 6.07) is 3.66. The molecule has 0 bridgehead atoms. The van der Waals surface area contributed by atoms with Gasteiger partial charge in [-0.2, -0.15) is 9.78 Å². The summed E-state index contributed by atoms with van der Waals surface area (Å²) in [5, 5.41) is 4.20. The van der Waals surface area contributed by atoms with Crippen LogP contribution in [0.25, 0.3) is 0 Å². The SMILES string of the molecule is CCN(CC)C(=O)n1cc(C)c(S(=O)(=O)c2cc(Cl)cc(Cl)c2)n1. The lowest BCUT2D eigenvalue weighted by atomic mass is 10.4. The number of halogens is 2. The van der Waals surface area contributed by atoms with Gasteiger partial charge in [-0.1, -0.05) is 23.2 Å². The molecule has 0 aliphatic carbocycles. The van der Waals surface area contributed by atoms with Crippen LogP contribution in [0, 0.1) is 6.92 Å². The van der Waals surface area contributed by atoms with Gasteiger partial charge in [0.05, 0.1) is 4.90 Å². The zero-order valence-electron chi connectivity index (χ0n) is 13.5. The highest BCUT2D eigenvalue weighted by molar-refractivity contribution is 7.91. The Balaban J connectivity index is 2.51. The molecular formula is C15H17Cl2N3O3S. The Labute approximate surface area is 150 Å². The second-order valence-corrected chi connectivity index (χ2v) is 7.86. The minimum Gasteiger partial charge on any atom is -0.323 e. The largest absolute Gasteiger partial charge is 0.344 e. The standard InChI is InChI=1S/C15H17Cl2N3O3S/c1-4-19(5-2)15(21)20-9-10(3)14(18-20)24(22,23)13-7-11(16)6-12(17)8-13/h6-9H,4-5H2,1-3H3. The molecule has 24 heavy (non-hydrogen) atoms. The number of benzene rings is 1. The van der Waals surface area contributed by atoms with Gasteiger partial charge in [0.25, 0.3) is 0 Å². The molecule has 0 unspecified atom stereocenters. The number of hydrogen-bond donors (Lipinski definition) is 0. The van der Waals surface area contributed by atoms with Crippen LogP contribution < -0.4 is 0 Å². The van der Waals surface area contributed by atoms with Crippen molar-refractivity contribution in [2.45, 2.75) is 30.7 Å². The Bertz CT molecular complexity index is 854. The van der Waals surface area contributed by atoms with Gasteiger partial charge < -0.3 is 4.90 Å². The molecule has 0 spiro atoms. The van der Waals surface area contributed by atoms with Crippen molar-refractivity contribution >= 4 is 39.1 Å². The van der Waals surface area contributed by atoms with Crippen LogP contribution in [0.3, 0.4) is 0 Å². The lowest BCUT2D eigenvalue weighted by molar-refractivity contribution is 0.201. The lowest BCUT2D eigenvalue weighted by Gasteiger charge is -2.17. The minimum absolute atomic E-state index is 0.0661. The summed E-state index contributed by atoms with van der Waals surface area (Å²) < 4.78 is 26.6. The van der Waals surface area contributed by atoms with Gasteiger partial charge >= 0.3 is 6.03 Å². The van der Waals surface area contributed by atoms with Gasteiger partial charge in [-0.15, -0.1) is 0 Å². The van der Waals surface area contributed by atoms with Crippen molar-refractivity contribution in [2.75, 3.05) is 13.1 Å². The second-order valence-electron chi connectivity index (χ2n) is 5.13. The van der Waals surface area contributed by atoms with Crippen LogP contribution in [-0.2, 0) is 9.84 Å². The molecule has 0 N–H and O–H groups in total. The van der Waals surface area contributed by atoms with E-state index >= 15 is 0 Å². The Morgan fingerprint density at radius 1 is 1.17 bits per heavy atom. The third-order valence-electron chi connectivity index (χ3n) is 3.48. The summed E-state index contributed by atoms with van der Waals surface area (Å²) in [6.07, 6.45) is 1.40. The molecule has 0 saturated heterocycles. The number of amides is 1. The van der Waals surface area contributed by atoms with Gasteiger partial charge in [0.15, 0.2) is 5.03 Å². The molecule has 0 radical (unpaired) electrons. The van der Waals surface area contributed by atoms with Crippen molar-refractivity contribution in [3.05, 3.63) is 40.0 Å². The van der Waals surface area contributed by atoms with Gasteiger partial charge in [-0.3, -0.25) is 0 Å².